The molecule has 0 saturated carbocycles. The SMILES string of the molecule is CCCS(=O)(=O)N1CCC2(CC1)C[C@H](N(C)C)[C@@](C)(O)CO2. The molecule has 0 amide bonds. The summed E-state index contributed by atoms with van der Waals surface area (Å²) < 4.78 is 32.0. The van der Waals surface area contributed by atoms with Crippen molar-refractivity contribution in [2.45, 2.75) is 56.8 Å². The number of likely N-dealkylation sites (N-methyl/N-ethyl adjacent to an activating group) is 1. The molecule has 2 aliphatic rings. The van der Waals surface area contributed by atoms with Gasteiger partial charge in [0.05, 0.1) is 18.0 Å². The summed E-state index contributed by atoms with van der Waals surface area (Å²) in [5.74, 6) is 0.218. The molecule has 2 aliphatic heterocycles. The molecule has 2 rings (SSSR count). The molecule has 130 valence electrons. The predicted octanol–water partition coefficient (Wildman–Crippen LogP) is 0.662. The van der Waals surface area contributed by atoms with Crippen molar-refractivity contribution in [3.05, 3.63) is 0 Å². The lowest BCUT2D eigenvalue weighted by molar-refractivity contribution is -0.204. The van der Waals surface area contributed by atoms with Crippen LogP contribution in [0.4, 0.5) is 0 Å². The Labute approximate surface area is 134 Å². The summed E-state index contributed by atoms with van der Waals surface area (Å²) in [5, 5.41) is 10.5. The average molecular weight is 334 g/mol. The van der Waals surface area contributed by atoms with Crippen LogP contribution in [-0.4, -0.2) is 79.5 Å². The molecule has 2 saturated heterocycles. The van der Waals surface area contributed by atoms with Crippen molar-refractivity contribution >= 4 is 10.0 Å². The molecular formula is C15H30N2O4S. The Morgan fingerprint density at radius 2 is 1.91 bits per heavy atom. The van der Waals surface area contributed by atoms with Gasteiger partial charge in [-0.1, -0.05) is 6.92 Å². The van der Waals surface area contributed by atoms with E-state index in [-0.39, 0.29) is 17.4 Å². The van der Waals surface area contributed by atoms with Gasteiger partial charge in [-0.2, -0.15) is 0 Å². The smallest absolute Gasteiger partial charge is 0.214 e. The summed E-state index contributed by atoms with van der Waals surface area (Å²) >= 11 is 0. The largest absolute Gasteiger partial charge is 0.386 e. The second-order valence-corrected chi connectivity index (χ2v) is 9.32. The van der Waals surface area contributed by atoms with Crippen LogP contribution in [0.3, 0.4) is 0 Å². The van der Waals surface area contributed by atoms with Crippen LogP contribution in [0, 0.1) is 0 Å². The zero-order valence-electron chi connectivity index (χ0n) is 14.2. The summed E-state index contributed by atoms with van der Waals surface area (Å²) in [7, 11) is 0.819. The van der Waals surface area contributed by atoms with Gasteiger partial charge in [0, 0.05) is 19.1 Å². The Hall–Kier alpha value is -0.210. The molecule has 2 heterocycles. The lowest BCUT2D eigenvalue weighted by atomic mass is 9.77. The first-order valence-corrected chi connectivity index (χ1v) is 9.73. The van der Waals surface area contributed by atoms with Crippen molar-refractivity contribution in [2.75, 3.05) is 39.5 Å². The number of hydrogen-bond donors (Lipinski definition) is 1. The van der Waals surface area contributed by atoms with Crippen molar-refractivity contribution in [2.24, 2.45) is 0 Å². The first kappa shape index (κ1) is 18.1. The number of sulfonamides is 1. The Morgan fingerprint density at radius 3 is 2.41 bits per heavy atom. The molecule has 1 N–H and O–H groups in total. The van der Waals surface area contributed by atoms with Gasteiger partial charge in [0.15, 0.2) is 0 Å². The molecule has 0 unspecified atom stereocenters. The van der Waals surface area contributed by atoms with E-state index < -0.39 is 15.6 Å². The Morgan fingerprint density at radius 1 is 1.32 bits per heavy atom. The molecule has 6 nitrogen and oxygen atoms in total. The zero-order chi connectivity index (χ0) is 16.6. The topological polar surface area (TPSA) is 70.1 Å². The van der Waals surface area contributed by atoms with E-state index in [1.165, 1.54) is 0 Å². The average Bonchev–Trinajstić information content (AvgIpc) is 2.42. The minimum absolute atomic E-state index is 0.0278. The van der Waals surface area contributed by atoms with Gasteiger partial charge in [0.2, 0.25) is 10.0 Å². The van der Waals surface area contributed by atoms with Crippen LogP contribution in [0.1, 0.15) is 39.5 Å². The molecule has 0 aromatic rings. The minimum atomic E-state index is -3.12. The predicted molar refractivity (Wildman–Crippen MR) is 86.3 cm³/mol. The van der Waals surface area contributed by atoms with Gasteiger partial charge in [0.1, 0.15) is 5.60 Å². The summed E-state index contributed by atoms with van der Waals surface area (Å²) in [5.41, 5.74) is -1.16. The molecular weight excluding hydrogens is 304 g/mol. The standard InChI is InChI=1S/C15H30N2O4S/c1-5-10-22(19,20)17-8-6-15(7-9-17)11-13(16(3)4)14(2,18)12-21-15/h13,18H,5-12H2,1-4H3/t13-,14-/m0/s1. The van der Waals surface area contributed by atoms with Gasteiger partial charge in [0.25, 0.3) is 0 Å². The van der Waals surface area contributed by atoms with E-state index in [2.05, 4.69) is 0 Å². The molecule has 0 aliphatic carbocycles. The minimum Gasteiger partial charge on any atom is -0.386 e. The molecule has 2 fully saturated rings. The fraction of sp³-hybridized carbons (Fsp3) is 1.00. The van der Waals surface area contributed by atoms with E-state index in [1.54, 1.807) is 4.31 Å². The van der Waals surface area contributed by atoms with E-state index in [0.717, 1.165) is 6.42 Å². The monoisotopic (exact) mass is 334 g/mol. The van der Waals surface area contributed by atoms with Crippen molar-refractivity contribution in [1.82, 2.24) is 9.21 Å². The maximum absolute atomic E-state index is 12.2. The summed E-state index contributed by atoms with van der Waals surface area (Å²) in [6.45, 7) is 5.04. The van der Waals surface area contributed by atoms with Crippen LogP contribution in [-0.2, 0) is 14.8 Å². The lowest BCUT2D eigenvalue weighted by Crippen LogP contribution is -2.63. The van der Waals surface area contributed by atoms with Crippen molar-refractivity contribution in [3.63, 3.8) is 0 Å². The molecule has 0 aromatic heterocycles. The molecule has 0 aromatic carbocycles. The highest BCUT2D eigenvalue weighted by Gasteiger charge is 2.49. The van der Waals surface area contributed by atoms with Gasteiger partial charge < -0.3 is 14.7 Å². The van der Waals surface area contributed by atoms with E-state index in [0.29, 0.717) is 39.0 Å². The molecule has 7 heteroatoms. The van der Waals surface area contributed by atoms with Crippen molar-refractivity contribution < 1.29 is 18.3 Å². The molecule has 0 radical (unpaired) electrons. The van der Waals surface area contributed by atoms with Crippen LogP contribution in [0.5, 0.6) is 0 Å². The van der Waals surface area contributed by atoms with E-state index in [4.69, 9.17) is 4.74 Å². The third-order valence-corrected chi connectivity index (χ3v) is 7.14. The molecule has 0 bridgehead atoms. The number of nitrogens with zero attached hydrogens (tertiary/aromatic N) is 2. The lowest BCUT2D eigenvalue weighted by Gasteiger charge is -2.52. The fourth-order valence-electron chi connectivity index (χ4n) is 3.67. The van der Waals surface area contributed by atoms with Crippen molar-refractivity contribution in [3.8, 4) is 0 Å². The maximum atomic E-state index is 12.2. The Balaban J connectivity index is 2.04. The van der Waals surface area contributed by atoms with E-state index in [1.807, 2.05) is 32.8 Å². The van der Waals surface area contributed by atoms with E-state index >= 15 is 0 Å². The highest BCUT2D eigenvalue weighted by molar-refractivity contribution is 7.89. The first-order valence-electron chi connectivity index (χ1n) is 8.12. The molecule has 1 spiro atoms. The highest BCUT2D eigenvalue weighted by atomic mass is 32.2. The van der Waals surface area contributed by atoms with Gasteiger partial charge in [-0.3, -0.25) is 0 Å². The van der Waals surface area contributed by atoms with Crippen LogP contribution in [0.25, 0.3) is 0 Å². The first-order chi connectivity index (χ1) is 10.1. The number of hydrogen-bond acceptors (Lipinski definition) is 5. The quantitative estimate of drug-likeness (QED) is 0.818. The van der Waals surface area contributed by atoms with Crippen LogP contribution in [0.15, 0.2) is 0 Å². The van der Waals surface area contributed by atoms with Gasteiger partial charge in [-0.15, -0.1) is 0 Å². The molecule has 2 atom stereocenters. The summed E-state index contributed by atoms with van der Waals surface area (Å²) in [6, 6.07) is 0.0278. The maximum Gasteiger partial charge on any atom is 0.214 e. The van der Waals surface area contributed by atoms with Crippen LogP contribution < -0.4 is 0 Å². The normalized spacial score (nSPS) is 33.5. The Kier molecular flexibility index (Phi) is 5.24. The number of ether oxygens (including phenoxy) is 1. The summed E-state index contributed by atoms with van der Waals surface area (Å²) in [4.78, 5) is 2.05. The zero-order valence-corrected chi connectivity index (χ0v) is 15.0. The van der Waals surface area contributed by atoms with Gasteiger partial charge >= 0.3 is 0 Å². The third-order valence-electron chi connectivity index (χ3n) is 5.07. The second-order valence-electron chi connectivity index (χ2n) is 7.23. The van der Waals surface area contributed by atoms with Crippen molar-refractivity contribution in [1.29, 1.82) is 0 Å². The van der Waals surface area contributed by atoms with Crippen LogP contribution >= 0.6 is 0 Å². The fourth-order valence-corrected chi connectivity index (χ4v) is 5.19. The second kappa shape index (κ2) is 6.36. The number of piperidine rings is 1. The number of rotatable bonds is 4. The van der Waals surface area contributed by atoms with Gasteiger partial charge in [-0.05, 0) is 46.7 Å². The van der Waals surface area contributed by atoms with E-state index in [9.17, 15) is 13.5 Å². The third kappa shape index (κ3) is 3.64. The highest BCUT2D eigenvalue weighted by Crippen LogP contribution is 2.40. The molecule has 22 heavy (non-hydrogen) atoms. The van der Waals surface area contributed by atoms with Crippen LogP contribution in [0.2, 0.25) is 0 Å². The summed E-state index contributed by atoms with van der Waals surface area (Å²) in [6.07, 6.45) is 2.80. The number of aliphatic hydroxyl groups is 1. The Bertz CT molecular complexity index is 482. The van der Waals surface area contributed by atoms with Gasteiger partial charge in [-0.25, -0.2) is 12.7 Å².